The zero-order valence-electron chi connectivity index (χ0n) is 20.3. The van der Waals surface area contributed by atoms with Crippen molar-refractivity contribution in [2.24, 2.45) is 0 Å². The number of anilines is 2. The predicted octanol–water partition coefficient (Wildman–Crippen LogP) is 3.32. The maximum Gasteiger partial charge on any atom is 0.252 e. The molecule has 0 spiro atoms. The number of nitrogens with one attached hydrogen (secondary N) is 1. The van der Waals surface area contributed by atoms with Gasteiger partial charge in [0.15, 0.2) is 5.11 Å². The third-order valence-electron chi connectivity index (χ3n) is 6.66. The molecular formula is C26H31F2N5O2S. The van der Waals surface area contributed by atoms with Gasteiger partial charge < -0.3 is 15.1 Å². The zero-order chi connectivity index (χ0) is 25.7. The van der Waals surface area contributed by atoms with Gasteiger partial charge in [-0.05, 0) is 80.6 Å². The average molecular weight is 516 g/mol. The Morgan fingerprint density at radius 3 is 2.19 bits per heavy atom. The van der Waals surface area contributed by atoms with Gasteiger partial charge >= 0.3 is 0 Å². The lowest BCUT2D eigenvalue weighted by atomic mass is 10.1. The Bertz CT molecular complexity index is 1070. The highest BCUT2D eigenvalue weighted by molar-refractivity contribution is 7.80. The molecule has 10 heteroatoms. The Hall–Kier alpha value is -3.11. The van der Waals surface area contributed by atoms with Crippen LogP contribution in [0.15, 0.2) is 48.5 Å². The highest BCUT2D eigenvalue weighted by atomic mass is 32.1. The van der Waals surface area contributed by atoms with Crippen LogP contribution in [0.3, 0.4) is 0 Å². The molecule has 0 unspecified atom stereocenters. The number of hydrogen-bond donors (Lipinski definition) is 1. The fourth-order valence-corrected chi connectivity index (χ4v) is 5.14. The molecular weight excluding hydrogens is 484 g/mol. The smallest absolute Gasteiger partial charge is 0.252 e. The summed E-state index contributed by atoms with van der Waals surface area (Å²) in [5.74, 6) is -1.10. The molecule has 2 amide bonds. The zero-order valence-corrected chi connectivity index (χ0v) is 21.1. The third-order valence-corrected chi connectivity index (χ3v) is 7.12. The van der Waals surface area contributed by atoms with Crippen LogP contribution in [0.5, 0.6) is 0 Å². The van der Waals surface area contributed by atoms with E-state index >= 15 is 0 Å². The second-order valence-electron chi connectivity index (χ2n) is 8.99. The molecule has 2 aliphatic rings. The van der Waals surface area contributed by atoms with E-state index in [0.29, 0.717) is 23.9 Å². The fourth-order valence-electron chi connectivity index (χ4n) is 4.70. The van der Waals surface area contributed by atoms with Gasteiger partial charge in [-0.3, -0.25) is 19.4 Å². The molecule has 0 saturated carbocycles. The van der Waals surface area contributed by atoms with Crippen molar-refractivity contribution in [3.63, 3.8) is 0 Å². The van der Waals surface area contributed by atoms with Gasteiger partial charge in [0, 0.05) is 50.6 Å². The monoisotopic (exact) mass is 515 g/mol. The van der Waals surface area contributed by atoms with Crippen molar-refractivity contribution in [2.75, 3.05) is 56.0 Å². The van der Waals surface area contributed by atoms with Crippen LogP contribution in [-0.2, 0) is 9.59 Å². The first-order chi connectivity index (χ1) is 17.4. The van der Waals surface area contributed by atoms with Crippen LogP contribution in [0, 0.1) is 11.6 Å². The molecule has 2 aromatic rings. The summed E-state index contributed by atoms with van der Waals surface area (Å²) in [4.78, 5) is 33.7. The largest absolute Gasteiger partial charge is 0.369 e. The molecule has 7 nitrogen and oxygen atoms in total. The first-order valence-corrected chi connectivity index (χ1v) is 12.7. The van der Waals surface area contributed by atoms with Crippen molar-refractivity contribution in [3.05, 3.63) is 60.2 Å². The second kappa shape index (κ2) is 11.7. The van der Waals surface area contributed by atoms with E-state index in [1.807, 2.05) is 24.0 Å². The van der Waals surface area contributed by atoms with E-state index in [1.54, 1.807) is 4.90 Å². The summed E-state index contributed by atoms with van der Waals surface area (Å²) in [6, 6.07) is 11.5. The van der Waals surface area contributed by atoms with E-state index in [0.717, 1.165) is 44.8 Å². The maximum absolute atomic E-state index is 13.2. The van der Waals surface area contributed by atoms with E-state index in [4.69, 9.17) is 12.2 Å². The summed E-state index contributed by atoms with van der Waals surface area (Å²) in [5.41, 5.74) is 1.51. The number of thiocarbonyl (C=S) groups is 1. The molecule has 192 valence electrons. The van der Waals surface area contributed by atoms with Gasteiger partial charge in [-0.2, -0.15) is 0 Å². The van der Waals surface area contributed by atoms with Crippen LogP contribution in [0.4, 0.5) is 20.2 Å². The third kappa shape index (κ3) is 6.17. The number of amides is 2. The number of hydrogen-bond acceptors (Lipinski definition) is 5. The minimum absolute atomic E-state index is 0.0246. The number of nitrogens with zero attached hydrogens (tertiary/aromatic N) is 4. The van der Waals surface area contributed by atoms with Crippen LogP contribution in [0.1, 0.15) is 19.8 Å². The standard InChI is InChI=1S/C26H31F2N5O2S/c1-2-32-25(35)23(18-24(34)29-21-8-4-19(27)5-9-21)33(26(32)36)13-3-12-30-14-16-31(17-15-30)22-10-6-20(28)7-11-22/h4-11,23H,2-3,12-18H2,1H3,(H,29,34)/t23-/m0/s1. The average Bonchev–Trinajstić information content (AvgIpc) is 3.09. The van der Waals surface area contributed by atoms with Gasteiger partial charge in [-0.1, -0.05) is 0 Å². The number of likely N-dealkylation sites (N-methyl/N-ethyl adjacent to an activating group) is 1. The van der Waals surface area contributed by atoms with Crippen LogP contribution >= 0.6 is 12.2 Å². The molecule has 4 rings (SSSR count). The minimum atomic E-state index is -0.645. The molecule has 36 heavy (non-hydrogen) atoms. The molecule has 2 aromatic carbocycles. The van der Waals surface area contributed by atoms with Crippen molar-refractivity contribution in [1.82, 2.24) is 14.7 Å². The quantitative estimate of drug-likeness (QED) is 0.517. The van der Waals surface area contributed by atoms with E-state index in [1.165, 1.54) is 36.4 Å². The maximum atomic E-state index is 13.2. The summed E-state index contributed by atoms with van der Waals surface area (Å²) in [6.07, 6.45) is 0.779. The van der Waals surface area contributed by atoms with Gasteiger partial charge in [0.1, 0.15) is 17.7 Å². The van der Waals surface area contributed by atoms with Gasteiger partial charge in [0.25, 0.3) is 5.91 Å². The summed E-state index contributed by atoms with van der Waals surface area (Å²) < 4.78 is 26.3. The number of carbonyl (C=O) groups excluding carboxylic acids is 2. The minimum Gasteiger partial charge on any atom is -0.369 e. The van der Waals surface area contributed by atoms with Gasteiger partial charge in [0.2, 0.25) is 5.91 Å². The summed E-state index contributed by atoms with van der Waals surface area (Å²) in [6.45, 7) is 7.26. The molecule has 2 aliphatic heterocycles. The van der Waals surface area contributed by atoms with Gasteiger partial charge in [-0.15, -0.1) is 0 Å². The van der Waals surface area contributed by atoms with E-state index in [2.05, 4.69) is 15.1 Å². The van der Waals surface area contributed by atoms with Crippen LogP contribution in [-0.4, -0.2) is 83.5 Å². The molecule has 2 fully saturated rings. The molecule has 2 heterocycles. The molecule has 0 aliphatic carbocycles. The number of carbonyl (C=O) groups is 2. The SMILES string of the molecule is CCN1C(=O)[C@H](CC(=O)Nc2ccc(F)cc2)N(CCCN2CCN(c3ccc(F)cc3)CC2)C1=S. The predicted molar refractivity (Wildman–Crippen MR) is 140 cm³/mol. The van der Waals surface area contributed by atoms with Crippen molar-refractivity contribution in [1.29, 1.82) is 0 Å². The van der Waals surface area contributed by atoms with Crippen LogP contribution < -0.4 is 10.2 Å². The molecule has 1 atom stereocenters. The van der Waals surface area contributed by atoms with Gasteiger partial charge in [0.05, 0.1) is 6.42 Å². The molecule has 1 N–H and O–H groups in total. The fraction of sp³-hybridized carbons (Fsp3) is 0.423. The Balaban J connectivity index is 1.28. The Kier molecular flexibility index (Phi) is 8.48. The molecule has 2 saturated heterocycles. The van der Waals surface area contributed by atoms with Crippen molar-refractivity contribution < 1.29 is 18.4 Å². The normalized spacial score (nSPS) is 18.8. The van der Waals surface area contributed by atoms with E-state index in [9.17, 15) is 18.4 Å². The summed E-state index contributed by atoms with van der Waals surface area (Å²) >= 11 is 5.57. The number of benzene rings is 2. The van der Waals surface area contributed by atoms with Gasteiger partial charge in [-0.25, -0.2) is 8.78 Å². The van der Waals surface area contributed by atoms with E-state index < -0.39 is 6.04 Å². The summed E-state index contributed by atoms with van der Waals surface area (Å²) in [7, 11) is 0. The molecule has 0 aromatic heterocycles. The van der Waals surface area contributed by atoms with E-state index in [-0.39, 0.29) is 29.9 Å². The molecule has 0 bridgehead atoms. The van der Waals surface area contributed by atoms with Crippen molar-refractivity contribution >= 4 is 40.5 Å². The number of halogens is 2. The topological polar surface area (TPSA) is 59.1 Å². The number of rotatable bonds is 9. The van der Waals surface area contributed by atoms with Crippen LogP contribution in [0.25, 0.3) is 0 Å². The van der Waals surface area contributed by atoms with Crippen molar-refractivity contribution in [2.45, 2.75) is 25.8 Å². The number of piperazine rings is 1. The van der Waals surface area contributed by atoms with Crippen molar-refractivity contribution in [3.8, 4) is 0 Å². The second-order valence-corrected chi connectivity index (χ2v) is 9.36. The Morgan fingerprint density at radius 2 is 1.58 bits per heavy atom. The first kappa shape index (κ1) is 26.0. The Labute approximate surface area is 215 Å². The van der Waals surface area contributed by atoms with Crippen LogP contribution in [0.2, 0.25) is 0 Å². The highest BCUT2D eigenvalue weighted by Gasteiger charge is 2.42. The lowest BCUT2D eigenvalue weighted by Crippen LogP contribution is -2.47. The lowest BCUT2D eigenvalue weighted by molar-refractivity contribution is -0.130. The molecule has 0 radical (unpaired) electrons. The Morgan fingerprint density at radius 1 is 0.972 bits per heavy atom. The lowest BCUT2D eigenvalue weighted by Gasteiger charge is -2.36. The highest BCUT2D eigenvalue weighted by Crippen LogP contribution is 2.22. The first-order valence-electron chi connectivity index (χ1n) is 12.3. The summed E-state index contributed by atoms with van der Waals surface area (Å²) in [5, 5.41) is 3.19.